The zero-order valence-electron chi connectivity index (χ0n) is 11.2. The predicted octanol–water partition coefficient (Wildman–Crippen LogP) is 2.60. The standard InChI is InChI=1S/C12H18BrF2N3O/c1-12(2,3)11-16-8(13)6-10(17-11)18(4-5-19)7-9(14)15/h6,9,19H,4-5,7H2,1-3H3. The Morgan fingerprint density at radius 3 is 2.47 bits per heavy atom. The van der Waals surface area contributed by atoms with Gasteiger partial charge in [0.2, 0.25) is 0 Å². The first-order valence-electron chi connectivity index (χ1n) is 5.93. The third kappa shape index (κ3) is 4.99. The Labute approximate surface area is 120 Å². The molecule has 0 aromatic carbocycles. The van der Waals surface area contributed by atoms with Gasteiger partial charge >= 0.3 is 0 Å². The Bertz CT molecular complexity index is 424. The van der Waals surface area contributed by atoms with E-state index in [-0.39, 0.29) is 18.6 Å². The van der Waals surface area contributed by atoms with E-state index in [0.29, 0.717) is 16.2 Å². The number of hydrogen-bond donors (Lipinski definition) is 1. The molecular formula is C12H18BrF2N3O. The van der Waals surface area contributed by atoms with E-state index in [1.807, 2.05) is 20.8 Å². The van der Waals surface area contributed by atoms with E-state index in [1.54, 1.807) is 6.07 Å². The van der Waals surface area contributed by atoms with Gasteiger partial charge in [-0.1, -0.05) is 20.8 Å². The molecule has 1 aromatic rings. The highest BCUT2D eigenvalue weighted by atomic mass is 79.9. The van der Waals surface area contributed by atoms with E-state index in [1.165, 1.54) is 4.90 Å². The fraction of sp³-hybridized carbons (Fsp3) is 0.667. The molecule has 0 aliphatic rings. The van der Waals surface area contributed by atoms with E-state index < -0.39 is 13.0 Å². The van der Waals surface area contributed by atoms with Gasteiger partial charge in [-0.15, -0.1) is 0 Å². The van der Waals surface area contributed by atoms with Gasteiger partial charge in [0.25, 0.3) is 6.43 Å². The molecule has 0 aliphatic heterocycles. The van der Waals surface area contributed by atoms with Gasteiger partial charge in [-0.05, 0) is 15.9 Å². The molecule has 1 N–H and O–H groups in total. The van der Waals surface area contributed by atoms with Crippen LogP contribution in [0.15, 0.2) is 10.7 Å². The number of aliphatic hydroxyl groups is 1. The average molecular weight is 338 g/mol. The van der Waals surface area contributed by atoms with Crippen LogP contribution in [0.25, 0.3) is 0 Å². The minimum absolute atomic E-state index is 0.109. The summed E-state index contributed by atoms with van der Waals surface area (Å²) in [5, 5.41) is 8.97. The molecule has 0 amide bonds. The maximum Gasteiger partial charge on any atom is 0.255 e. The van der Waals surface area contributed by atoms with Crippen LogP contribution in [0.1, 0.15) is 26.6 Å². The molecule has 0 radical (unpaired) electrons. The topological polar surface area (TPSA) is 49.2 Å². The first-order chi connectivity index (χ1) is 8.74. The second-order valence-electron chi connectivity index (χ2n) is 5.18. The van der Waals surface area contributed by atoms with E-state index in [4.69, 9.17) is 5.11 Å². The zero-order chi connectivity index (χ0) is 14.6. The predicted molar refractivity (Wildman–Crippen MR) is 73.7 cm³/mol. The second-order valence-corrected chi connectivity index (χ2v) is 6.00. The molecule has 4 nitrogen and oxygen atoms in total. The Morgan fingerprint density at radius 2 is 2.00 bits per heavy atom. The van der Waals surface area contributed by atoms with Gasteiger partial charge in [0.15, 0.2) is 0 Å². The SMILES string of the molecule is CC(C)(C)c1nc(Br)cc(N(CCO)CC(F)F)n1. The van der Waals surface area contributed by atoms with Crippen LogP contribution >= 0.6 is 15.9 Å². The molecule has 1 heterocycles. The molecule has 0 bridgehead atoms. The summed E-state index contributed by atoms with van der Waals surface area (Å²) in [6, 6.07) is 1.58. The number of alkyl halides is 2. The van der Waals surface area contributed by atoms with Gasteiger partial charge < -0.3 is 10.0 Å². The van der Waals surface area contributed by atoms with Gasteiger partial charge in [-0.25, -0.2) is 18.7 Å². The number of hydrogen-bond acceptors (Lipinski definition) is 4. The summed E-state index contributed by atoms with van der Waals surface area (Å²) in [6.45, 7) is 5.27. The van der Waals surface area contributed by atoms with Gasteiger partial charge in [0.05, 0.1) is 13.2 Å². The summed E-state index contributed by atoms with van der Waals surface area (Å²) in [5.74, 6) is 0.954. The van der Waals surface area contributed by atoms with Crippen molar-refractivity contribution < 1.29 is 13.9 Å². The Hall–Kier alpha value is -0.820. The van der Waals surface area contributed by atoms with Gasteiger partial charge in [0, 0.05) is 18.0 Å². The summed E-state index contributed by atoms with van der Waals surface area (Å²) in [5.41, 5.74) is -0.283. The number of halogens is 3. The van der Waals surface area contributed by atoms with Crippen LogP contribution in [0, 0.1) is 0 Å². The van der Waals surface area contributed by atoms with Crippen molar-refractivity contribution in [3.8, 4) is 0 Å². The summed E-state index contributed by atoms with van der Waals surface area (Å²) >= 11 is 3.26. The van der Waals surface area contributed by atoms with Crippen molar-refractivity contribution in [3.63, 3.8) is 0 Å². The molecule has 0 unspecified atom stereocenters. The molecule has 0 fully saturated rings. The minimum Gasteiger partial charge on any atom is -0.395 e. The van der Waals surface area contributed by atoms with Crippen molar-refractivity contribution in [3.05, 3.63) is 16.5 Å². The monoisotopic (exact) mass is 337 g/mol. The van der Waals surface area contributed by atoms with Crippen molar-refractivity contribution in [2.24, 2.45) is 0 Å². The van der Waals surface area contributed by atoms with Gasteiger partial charge in [-0.2, -0.15) is 0 Å². The smallest absolute Gasteiger partial charge is 0.255 e. The second kappa shape index (κ2) is 6.56. The summed E-state index contributed by atoms with van der Waals surface area (Å²) in [4.78, 5) is 9.93. The molecule has 7 heteroatoms. The van der Waals surface area contributed by atoms with E-state index in [9.17, 15) is 8.78 Å². The van der Waals surface area contributed by atoms with Crippen LogP contribution in [-0.2, 0) is 5.41 Å². The van der Waals surface area contributed by atoms with Crippen molar-refractivity contribution in [2.45, 2.75) is 32.6 Å². The van der Waals surface area contributed by atoms with Gasteiger partial charge in [0.1, 0.15) is 16.2 Å². The van der Waals surface area contributed by atoms with Crippen LogP contribution in [0.3, 0.4) is 0 Å². The van der Waals surface area contributed by atoms with Crippen LogP contribution in [-0.4, -0.2) is 41.2 Å². The third-order valence-electron chi connectivity index (χ3n) is 2.40. The summed E-state index contributed by atoms with van der Waals surface area (Å²) in [6.07, 6.45) is -2.49. The van der Waals surface area contributed by atoms with E-state index in [0.717, 1.165) is 0 Å². The normalized spacial score (nSPS) is 12.0. The molecule has 0 spiro atoms. The lowest BCUT2D eigenvalue weighted by Crippen LogP contribution is -2.33. The first kappa shape index (κ1) is 16.2. The fourth-order valence-electron chi connectivity index (χ4n) is 1.49. The minimum atomic E-state index is -2.49. The van der Waals surface area contributed by atoms with Crippen molar-refractivity contribution >= 4 is 21.7 Å². The van der Waals surface area contributed by atoms with Crippen molar-refractivity contribution in [2.75, 3.05) is 24.6 Å². The maximum absolute atomic E-state index is 12.6. The molecule has 0 saturated carbocycles. The molecule has 1 rings (SSSR count). The van der Waals surface area contributed by atoms with Crippen molar-refractivity contribution in [1.82, 2.24) is 9.97 Å². The molecule has 108 valence electrons. The zero-order valence-corrected chi connectivity index (χ0v) is 12.8. The highest BCUT2D eigenvalue weighted by Gasteiger charge is 2.21. The molecule has 0 atom stereocenters. The maximum atomic E-state index is 12.6. The van der Waals surface area contributed by atoms with Gasteiger partial charge in [-0.3, -0.25) is 0 Å². The van der Waals surface area contributed by atoms with Crippen molar-refractivity contribution in [1.29, 1.82) is 0 Å². The summed E-state index contributed by atoms with van der Waals surface area (Å²) < 4.78 is 25.6. The average Bonchev–Trinajstić information content (AvgIpc) is 2.26. The van der Waals surface area contributed by atoms with E-state index >= 15 is 0 Å². The summed E-state index contributed by atoms with van der Waals surface area (Å²) in [7, 11) is 0. The Morgan fingerprint density at radius 1 is 1.37 bits per heavy atom. The lowest BCUT2D eigenvalue weighted by atomic mass is 9.96. The number of aromatic nitrogens is 2. The number of rotatable bonds is 5. The number of nitrogens with zero attached hydrogens (tertiary/aromatic N) is 3. The number of aliphatic hydroxyl groups excluding tert-OH is 1. The lowest BCUT2D eigenvalue weighted by molar-refractivity contribution is 0.152. The Kier molecular flexibility index (Phi) is 5.61. The molecular weight excluding hydrogens is 320 g/mol. The largest absolute Gasteiger partial charge is 0.395 e. The molecule has 0 saturated heterocycles. The molecule has 0 aliphatic carbocycles. The third-order valence-corrected chi connectivity index (χ3v) is 2.81. The van der Waals surface area contributed by atoms with Crippen LogP contribution in [0.5, 0.6) is 0 Å². The molecule has 19 heavy (non-hydrogen) atoms. The molecule has 1 aromatic heterocycles. The quantitative estimate of drug-likeness (QED) is 0.839. The van der Waals surface area contributed by atoms with Crippen LogP contribution in [0.2, 0.25) is 0 Å². The highest BCUT2D eigenvalue weighted by Crippen LogP contribution is 2.24. The van der Waals surface area contributed by atoms with E-state index in [2.05, 4.69) is 25.9 Å². The van der Waals surface area contributed by atoms with Crippen LogP contribution < -0.4 is 4.90 Å². The fourth-order valence-corrected chi connectivity index (χ4v) is 1.86. The lowest BCUT2D eigenvalue weighted by Gasteiger charge is -2.25. The number of anilines is 1. The Balaban J connectivity index is 3.12. The first-order valence-corrected chi connectivity index (χ1v) is 6.72. The van der Waals surface area contributed by atoms with Crippen LogP contribution in [0.4, 0.5) is 14.6 Å². The highest BCUT2D eigenvalue weighted by molar-refractivity contribution is 9.10.